The van der Waals surface area contributed by atoms with Crippen LogP contribution in [0.1, 0.15) is 11.1 Å². The minimum absolute atomic E-state index is 0.609. The van der Waals surface area contributed by atoms with Gasteiger partial charge in [-0.3, -0.25) is 0 Å². The van der Waals surface area contributed by atoms with Gasteiger partial charge in [-0.15, -0.1) is 0 Å². The molecular formula is C44H28N4O. The predicted octanol–water partition coefficient (Wildman–Crippen LogP) is 11.9. The van der Waals surface area contributed by atoms with Crippen LogP contribution >= 0.6 is 0 Å². The monoisotopic (exact) mass is 628 g/mol. The molecule has 0 aliphatic carbocycles. The van der Waals surface area contributed by atoms with E-state index in [1.54, 1.807) is 0 Å². The first-order valence-corrected chi connectivity index (χ1v) is 16.0. The molecule has 0 N–H and O–H groups in total. The van der Waals surface area contributed by atoms with E-state index in [0.29, 0.717) is 11.1 Å². The summed E-state index contributed by atoms with van der Waals surface area (Å²) in [6.45, 7) is 0. The van der Waals surface area contributed by atoms with Crippen molar-refractivity contribution in [1.82, 2.24) is 0 Å². The quantitative estimate of drug-likeness (QED) is 0.176. The van der Waals surface area contributed by atoms with Gasteiger partial charge in [-0.05, 0) is 108 Å². The fourth-order valence-corrected chi connectivity index (χ4v) is 6.31. The molecule has 0 bridgehead atoms. The Morgan fingerprint density at radius 2 is 0.735 bits per heavy atom. The fourth-order valence-electron chi connectivity index (χ4n) is 6.31. The van der Waals surface area contributed by atoms with Crippen molar-refractivity contribution in [1.29, 1.82) is 10.5 Å². The van der Waals surface area contributed by atoms with Gasteiger partial charge in [0.05, 0.1) is 23.3 Å². The minimum atomic E-state index is 0.609. The van der Waals surface area contributed by atoms with Gasteiger partial charge in [-0.2, -0.15) is 10.5 Å². The van der Waals surface area contributed by atoms with Gasteiger partial charge in [-0.1, -0.05) is 60.7 Å². The third-order valence-corrected chi connectivity index (χ3v) is 8.71. The first kappa shape index (κ1) is 29.3. The zero-order valence-corrected chi connectivity index (χ0v) is 26.4. The Balaban J connectivity index is 1.22. The Morgan fingerprint density at radius 3 is 1.18 bits per heavy atom. The molecule has 7 aromatic carbocycles. The van der Waals surface area contributed by atoms with E-state index >= 15 is 0 Å². The molecule has 0 spiro atoms. The molecule has 0 saturated carbocycles. The van der Waals surface area contributed by atoms with Crippen LogP contribution in [0.5, 0.6) is 0 Å². The summed E-state index contributed by atoms with van der Waals surface area (Å²) in [4.78, 5) is 4.33. The van der Waals surface area contributed by atoms with E-state index in [1.165, 1.54) is 0 Å². The van der Waals surface area contributed by atoms with Crippen LogP contribution in [0.2, 0.25) is 0 Å². The van der Waals surface area contributed by atoms with Gasteiger partial charge in [0.25, 0.3) is 0 Å². The van der Waals surface area contributed by atoms with Crippen molar-refractivity contribution in [2.24, 2.45) is 0 Å². The molecule has 0 unspecified atom stereocenters. The Kier molecular flexibility index (Phi) is 7.55. The van der Waals surface area contributed by atoms with Crippen molar-refractivity contribution in [2.75, 3.05) is 9.80 Å². The summed E-state index contributed by atoms with van der Waals surface area (Å²) in [6, 6.07) is 61.3. The van der Waals surface area contributed by atoms with Gasteiger partial charge in [0.1, 0.15) is 11.2 Å². The number of furan rings is 1. The smallest absolute Gasteiger partial charge is 0.137 e. The predicted molar refractivity (Wildman–Crippen MR) is 198 cm³/mol. The highest BCUT2D eigenvalue weighted by Crippen LogP contribution is 2.41. The summed E-state index contributed by atoms with van der Waals surface area (Å²) in [5.41, 5.74) is 10.8. The number of rotatable bonds is 7. The summed E-state index contributed by atoms with van der Waals surface area (Å²) >= 11 is 0. The van der Waals surface area contributed by atoms with Crippen molar-refractivity contribution in [3.63, 3.8) is 0 Å². The topological polar surface area (TPSA) is 67.2 Å². The van der Waals surface area contributed by atoms with Gasteiger partial charge >= 0.3 is 0 Å². The summed E-state index contributed by atoms with van der Waals surface area (Å²) < 4.78 is 6.59. The third kappa shape index (κ3) is 5.63. The van der Waals surface area contributed by atoms with Gasteiger partial charge < -0.3 is 14.2 Å². The second-order valence-electron chi connectivity index (χ2n) is 11.7. The van der Waals surface area contributed by atoms with Crippen molar-refractivity contribution < 1.29 is 4.42 Å². The van der Waals surface area contributed by atoms with Crippen LogP contribution in [-0.2, 0) is 0 Å². The normalized spacial score (nSPS) is 10.8. The average molecular weight is 629 g/mol. The number of benzene rings is 7. The molecule has 0 amide bonds. The highest BCUT2D eigenvalue weighted by molar-refractivity contribution is 6.07. The van der Waals surface area contributed by atoms with Gasteiger partial charge in [0, 0.05) is 57.0 Å². The highest BCUT2D eigenvalue weighted by atomic mass is 16.3. The molecule has 8 aromatic rings. The lowest BCUT2D eigenvalue weighted by atomic mass is 10.0. The van der Waals surface area contributed by atoms with Gasteiger partial charge in [-0.25, -0.2) is 0 Å². The van der Waals surface area contributed by atoms with Gasteiger partial charge in [0.15, 0.2) is 0 Å². The largest absolute Gasteiger partial charge is 0.456 e. The Bertz CT molecular complexity index is 2490. The lowest BCUT2D eigenvalue weighted by Crippen LogP contribution is -2.09. The maximum Gasteiger partial charge on any atom is 0.137 e. The van der Waals surface area contributed by atoms with Crippen molar-refractivity contribution in [3.8, 4) is 23.3 Å². The molecule has 0 radical (unpaired) electrons. The first-order chi connectivity index (χ1) is 24.2. The summed E-state index contributed by atoms with van der Waals surface area (Å²) in [6.07, 6.45) is 0. The van der Waals surface area contributed by atoms with Crippen molar-refractivity contribution >= 4 is 56.1 Å². The number of nitrogens with zero attached hydrogens (tertiary/aromatic N) is 4. The van der Waals surface area contributed by atoms with Crippen LogP contribution in [0.25, 0.3) is 33.1 Å². The lowest BCUT2D eigenvalue weighted by molar-refractivity contribution is 0.669. The molecule has 5 heteroatoms. The van der Waals surface area contributed by atoms with E-state index in [1.807, 2.05) is 84.9 Å². The highest BCUT2D eigenvalue weighted by Gasteiger charge is 2.18. The summed E-state index contributed by atoms with van der Waals surface area (Å²) in [5, 5.41) is 20.8. The zero-order valence-electron chi connectivity index (χ0n) is 26.4. The Morgan fingerprint density at radius 1 is 0.367 bits per heavy atom. The molecule has 1 heterocycles. The molecular weight excluding hydrogens is 601 g/mol. The molecule has 0 aliphatic heterocycles. The van der Waals surface area contributed by atoms with Crippen LogP contribution < -0.4 is 9.80 Å². The van der Waals surface area contributed by atoms with Gasteiger partial charge in [0.2, 0.25) is 0 Å². The van der Waals surface area contributed by atoms with E-state index in [4.69, 9.17) is 4.42 Å². The zero-order chi connectivity index (χ0) is 33.2. The maximum atomic E-state index is 9.44. The number of fused-ring (bicyclic) bond motifs is 3. The van der Waals surface area contributed by atoms with E-state index in [0.717, 1.165) is 67.2 Å². The van der Waals surface area contributed by atoms with E-state index in [-0.39, 0.29) is 0 Å². The molecule has 0 atom stereocenters. The molecule has 1 aromatic heterocycles. The molecule has 8 rings (SSSR count). The number of para-hydroxylation sites is 1. The molecule has 0 aliphatic rings. The Hall–Kier alpha value is -7.08. The molecule has 49 heavy (non-hydrogen) atoms. The van der Waals surface area contributed by atoms with E-state index < -0.39 is 0 Å². The number of hydrogen-bond acceptors (Lipinski definition) is 5. The van der Waals surface area contributed by atoms with Crippen molar-refractivity contribution in [2.45, 2.75) is 0 Å². The SMILES string of the molecule is N#Cc1ccc(N(c2ccccc2)c2ccc3c(c2)oc2cc(N(c4ccc(C#N)cc4)c4ccc(-c5ccccc5)cc4)ccc23)cc1. The van der Waals surface area contributed by atoms with Crippen molar-refractivity contribution in [3.05, 3.63) is 181 Å². The first-order valence-electron chi connectivity index (χ1n) is 16.0. The van der Waals surface area contributed by atoms with E-state index in [2.05, 4.69) is 107 Å². The lowest BCUT2D eigenvalue weighted by Gasteiger charge is -2.25. The molecule has 0 saturated heterocycles. The minimum Gasteiger partial charge on any atom is -0.456 e. The molecule has 0 fully saturated rings. The second-order valence-corrected chi connectivity index (χ2v) is 11.7. The van der Waals surface area contributed by atoms with Crippen LogP contribution in [0, 0.1) is 22.7 Å². The van der Waals surface area contributed by atoms with Crippen LogP contribution in [-0.4, -0.2) is 0 Å². The maximum absolute atomic E-state index is 9.44. The fraction of sp³-hybridized carbons (Fsp3) is 0. The number of hydrogen-bond donors (Lipinski definition) is 0. The number of anilines is 6. The summed E-state index contributed by atoms with van der Waals surface area (Å²) in [5.74, 6) is 0. The summed E-state index contributed by atoms with van der Waals surface area (Å²) in [7, 11) is 0. The van der Waals surface area contributed by atoms with Crippen LogP contribution in [0.15, 0.2) is 174 Å². The average Bonchev–Trinajstić information content (AvgIpc) is 3.54. The molecule has 5 nitrogen and oxygen atoms in total. The van der Waals surface area contributed by atoms with Crippen LogP contribution in [0.3, 0.4) is 0 Å². The van der Waals surface area contributed by atoms with Crippen LogP contribution in [0.4, 0.5) is 34.1 Å². The third-order valence-electron chi connectivity index (χ3n) is 8.71. The number of nitriles is 2. The Labute approximate surface area is 284 Å². The van der Waals surface area contributed by atoms with E-state index in [9.17, 15) is 10.5 Å². The molecule has 230 valence electrons. The second kappa shape index (κ2) is 12.6. The standard InChI is InChI=1S/C44H28N4O/c45-29-31-11-17-36(18-12-31)47(35-9-5-2-6-10-35)39-23-25-41-42-26-24-40(28-44(42)49-43(41)27-39)48(37-19-13-32(30-46)14-20-37)38-21-15-34(16-22-38)33-7-3-1-4-8-33/h1-28H.